The molecule has 0 N–H and O–H groups in total. The third-order valence-electron chi connectivity index (χ3n) is 2.79. The third-order valence-corrected chi connectivity index (χ3v) is 2.79. The molecule has 1 aromatic carbocycles. The maximum atomic E-state index is 13.7. The van der Waals surface area contributed by atoms with Crippen LogP contribution in [0, 0.1) is 18.6 Å². The molecule has 0 saturated carbocycles. The number of hydrogen-bond acceptors (Lipinski definition) is 3. The maximum absolute atomic E-state index is 13.7. The van der Waals surface area contributed by atoms with E-state index in [9.17, 15) is 13.6 Å². The van der Waals surface area contributed by atoms with Crippen molar-refractivity contribution in [3.63, 3.8) is 0 Å². The minimum atomic E-state index is -0.694. The average Bonchev–Trinajstić information content (AvgIpc) is 2.38. The van der Waals surface area contributed by atoms with Crippen molar-refractivity contribution in [2.24, 2.45) is 0 Å². The summed E-state index contributed by atoms with van der Waals surface area (Å²) >= 11 is 0. The lowest BCUT2D eigenvalue weighted by Gasteiger charge is -2.08. The van der Waals surface area contributed by atoms with Crippen molar-refractivity contribution >= 4 is 5.97 Å². The molecule has 20 heavy (non-hydrogen) atoms. The summed E-state index contributed by atoms with van der Waals surface area (Å²) in [5.41, 5.74) is 1.29. The van der Waals surface area contributed by atoms with E-state index < -0.39 is 17.6 Å². The fraction of sp³-hybridized carbons (Fsp3) is 0.200. The summed E-state index contributed by atoms with van der Waals surface area (Å²) in [5, 5.41) is 0. The van der Waals surface area contributed by atoms with Gasteiger partial charge in [0.1, 0.15) is 11.6 Å². The van der Waals surface area contributed by atoms with E-state index in [1.807, 2.05) is 0 Å². The minimum absolute atomic E-state index is 0.185. The van der Waals surface area contributed by atoms with Gasteiger partial charge in [-0.2, -0.15) is 0 Å². The highest BCUT2D eigenvalue weighted by molar-refractivity contribution is 5.90. The van der Waals surface area contributed by atoms with E-state index in [-0.39, 0.29) is 12.2 Å². The predicted molar refractivity (Wildman–Crippen MR) is 70.3 cm³/mol. The molecule has 0 aliphatic carbocycles. The Morgan fingerprint density at radius 1 is 1.25 bits per heavy atom. The molecule has 0 radical (unpaired) electrons. The van der Waals surface area contributed by atoms with Gasteiger partial charge in [-0.15, -0.1) is 0 Å². The van der Waals surface area contributed by atoms with Crippen molar-refractivity contribution in [2.45, 2.75) is 13.8 Å². The molecule has 0 unspecified atom stereocenters. The van der Waals surface area contributed by atoms with Gasteiger partial charge in [-0.05, 0) is 38.1 Å². The molecule has 0 spiro atoms. The number of pyridine rings is 1. The molecule has 2 aromatic rings. The zero-order valence-corrected chi connectivity index (χ0v) is 11.1. The van der Waals surface area contributed by atoms with Gasteiger partial charge >= 0.3 is 5.97 Å². The van der Waals surface area contributed by atoms with Crippen molar-refractivity contribution in [3.8, 4) is 11.3 Å². The van der Waals surface area contributed by atoms with Crippen LogP contribution in [0.2, 0.25) is 0 Å². The first-order valence-corrected chi connectivity index (χ1v) is 6.13. The van der Waals surface area contributed by atoms with Gasteiger partial charge in [-0.3, -0.25) is 4.98 Å². The van der Waals surface area contributed by atoms with Gasteiger partial charge in [-0.1, -0.05) is 0 Å². The van der Waals surface area contributed by atoms with Crippen molar-refractivity contribution in [1.29, 1.82) is 0 Å². The molecule has 0 bridgehead atoms. The van der Waals surface area contributed by atoms with Gasteiger partial charge in [0, 0.05) is 11.6 Å². The van der Waals surface area contributed by atoms with Crippen LogP contribution in [0.5, 0.6) is 0 Å². The Labute approximate surface area is 115 Å². The molecule has 0 aliphatic heterocycles. The number of carbonyl (C=O) groups is 1. The minimum Gasteiger partial charge on any atom is -0.462 e. The highest BCUT2D eigenvalue weighted by Crippen LogP contribution is 2.23. The lowest BCUT2D eigenvalue weighted by Crippen LogP contribution is -2.08. The standard InChI is InChI=1S/C15H13F2NO2/c1-3-20-15(19)11-6-7-14(18-9(11)2)12-5-4-10(16)8-13(12)17/h4-8H,3H2,1-2H3. The van der Waals surface area contributed by atoms with Crippen molar-refractivity contribution in [2.75, 3.05) is 6.61 Å². The fourth-order valence-electron chi connectivity index (χ4n) is 1.83. The van der Waals surface area contributed by atoms with Crippen LogP contribution in [0.25, 0.3) is 11.3 Å². The third kappa shape index (κ3) is 2.82. The number of aromatic nitrogens is 1. The van der Waals surface area contributed by atoms with Crippen LogP contribution in [-0.2, 0) is 4.74 Å². The molecule has 0 aliphatic rings. The Balaban J connectivity index is 2.40. The second-order valence-corrected chi connectivity index (χ2v) is 4.17. The van der Waals surface area contributed by atoms with Crippen molar-refractivity contribution < 1.29 is 18.3 Å². The van der Waals surface area contributed by atoms with Gasteiger partial charge in [-0.25, -0.2) is 13.6 Å². The van der Waals surface area contributed by atoms with Gasteiger partial charge in [0.25, 0.3) is 0 Å². The number of benzene rings is 1. The largest absolute Gasteiger partial charge is 0.462 e. The lowest BCUT2D eigenvalue weighted by atomic mass is 10.1. The predicted octanol–water partition coefficient (Wildman–Crippen LogP) is 3.51. The Morgan fingerprint density at radius 3 is 2.60 bits per heavy atom. The summed E-state index contributed by atoms with van der Waals surface area (Å²) < 4.78 is 31.4. The van der Waals surface area contributed by atoms with Crippen LogP contribution < -0.4 is 0 Å². The van der Waals surface area contributed by atoms with Crippen molar-refractivity contribution in [3.05, 3.63) is 53.2 Å². The average molecular weight is 277 g/mol. The van der Waals surface area contributed by atoms with E-state index in [0.29, 0.717) is 17.0 Å². The highest BCUT2D eigenvalue weighted by Gasteiger charge is 2.14. The Kier molecular flexibility index (Phi) is 4.08. The smallest absolute Gasteiger partial charge is 0.339 e. The van der Waals surface area contributed by atoms with Crippen LogP contribution in [0.1, 0.15) is 23.0 Å². The molecule has 0 atom stereocenters. The van der Waals surface area contributed by atoms with Crippen LogP contribution >= 0.6 is 0 Å². The molecular formula is C15H13F2NO2. The molecule has 0 fully saturated rings. The molecule has 0 amide bonds. The fourth-order valence-corrected chi connectivity index (χ4v) is 1.83. The summed E-state index contributed by atoms with van der Waals surface area (Å²) in [6.07, 6.45) is 0. The first-order valence-electron chi connectivity index (χ1n) is 6.13. The highest BCUT2D eigenvalue weighted by atomic mass is 19.1. The van der Waals surface area contributed by atoms with Gasteiger partial charge < -0.3 is 4.74 Å². The van der Waals surface area contributed by atoms with Gasteiger partial charge in [0.2, 0.25) is 0 Å². The SMILES string of the molecule is CCOC(=O)c1ccc(-c2ccc(F)cc2F)nc1C. The topological polar surface area (TPSA) is 39.2 Å². The maximum Gasteiger partial charge on any atom is 0.339 e. The van der Waals surface area contributed by atoms with Crippen LogP contribution in [0.15, 0.2) is 30.3 Å². The summed E-state index contributed by atoms with van der Waals surface area (Å²) in [7, 11) is 0. The summed E-state index contributed by atoms with van der Waals surface area (Å²) in [6, 6.07) is 6.31. The van der Waals surface area contributed by atoms with E-state index in [2.05, 4.69) is 4.98 Å². The van der Waals surface area contributed by atoms with Crippen LogP contribution in [0.3, 0.4) is 0 Å². The van der Waals surface area contributed by atoms with E-state index >= 15 is 0 Å². The lowest BCUT2D eigenvalue weighted by molar-refractivity contribution is 0.0525. The van der Waals surface area contributed by atoms with Crippen molar-refractivity contribution in [1.82, 2.24) is 4.98 Å². The van der Waals surface area contributed by atoms with Crippen LogP contribution in [0.4, 0.5) is 8.78 Å². The summed E-state index contributed by atoms with van der Waals surface area (Å²) in [5.74, 6) is -1.81. The second-order valence-electron chi connectivity index (χ2n) is 4.17. The Bertz CT molecular complexity index is 656. The normalized spacial score (nSPS) is 10.4. The molecule has 104 valence electrons. The Hall–Kier alpha value is -2.30. The Morgan fingerprint density at radius 2 is 2.00 bits per heavy atom. The van der Waals surface area contributed by atoms with Crippen LogP contribution in [-0.4, -0.2) is 17.6 Å². The quantitative estimate of drug-likeness (QED) is 0.806. The number of aryl methyl sites for hydroxylation is 1. The number of esters is 1. The number of halogens is 2. The second kappa shape index (κ2) is 5.77. The number of nitrogens with zero attached hydrogens (tertiary/aromatic N) is 1. The monoisotopic (exact) mass is 277 g/mol. The number of rotatable bonds is 3. The summed E-state index contributed by atoms with van der Waals surface area (Å²) in [4.78, 5) is 15.8. The molecular weight excluding hydrogens is 264 g/mol. The van der Waals surface area contributed by atoms with E-state index in [1.54, 1.807) is 13.8 Å². The van der Waals surface area contributed by atoms with E-state index in [1.165, 1.54) is 18.2 Å². The molecule has 0 saturated heterocycles. The van der Waals surface area contributed by atoms with E-state index in [0.717, 1.165) is 12.1 Å². The molecule has 1 aromatic heterocycles. The number of ether oxygens (including phenoxy) is 1. The number of hydrogen-bond donors (Lipinski definition) is 0. The molecule has 3 nitrogen and oxygen atoms in total. The van der Waals surface area contributed by atoms with Gasteiger partial charge in [0.15, 0.2) is 0 Å². The molecule has 5 heteroatoms. The molecule has 1 heterocycles. The van der Waals surface area contributed by atoms with Gasteiger partial charge in [0.05, 0.1) is 23.6 Å². The summed E-state index contributed by atoms with van der Waals surface area (Å²) in [6.45, 7) is 3.62. The molecule has 2 rings (SSSR count). The first kappa shape index (κ1) is 14.1. The zero-order chi connectivity index (χ0) is 14.7. The zero-order valence-electron chi connectivity index (χ0n) is 11.1. The number of carbonyl (C=O) groups excluding carboxylic acids is 1. The van der Waals surface area contributed by atoms with E-state index in [4.69, 9.17) is 4.74 Å². The first-order chi connectivity index (χ1) is 9.52.